The number of hydrogen-bond acceptors (Lipinski definition) is 3. The zero-order valence-corrected chi connectivity index (χ0v) is 12.6. The van der Waals surface area contributed by atoms with Gasteiger partial charge in [0.05, 0.1) is 17.8 Å². The summed E-state index contributed by atoms with van der Waals surface area (Å²) in [5.74, 6) is 0.198. The molecule has 0 N–H and O–H groups in total. The molecule has 0 bridgehead atoms. The molecule has 0 aliphatic carbocycles. The summed E-state index contributed by atoms with van der Waals surface area (Å²) in [5, 5.41) is 0. The molecule has 1 aromatic carbocycles. The molecule has 0 spiro atoms. The molecular weight excluding hydrogens is 274 g/mol. The Kier molecular flexibility index (Phi) is 3.19. The topological polar surface area (TPSA) is 36.4 Å². The highest BCUT2D eigenvalue weighted by Crippen LogP contribution is 2.41. The van der Waals surface area contributed by atoms with Crippen LogP contribution in [0.3, 0.4) is 0 Å². The molecule has 2 atom stereocenters. The summed E-state index contributed by atoms with van der Waals surface area (Å²) in [6, 6.07) is 14.2. The van der Waals surface area contributed by atoms with Gasteiger partial charge >= 0.3 is 0 Å². The number of rotatable bonds is 1. The van der Waals surface area contributed by atoms with E-state index in [0.29, 0.717) is 0 Å². The van der Waals surface area contributed by atoms with Crippen molar-refractivity contribution in [3.8, 4) is 0 Å². The van der Waals surface area contributed by atoms with E-state index in [-0.39, 0.29) is 18.0 Å². The number of carbonyl (C=O) groups is 1. The van der Waals surface area contributed by atoms with Crippen LogP contribution < -0.4 is 4.90 Å². The van der Waals surface area contributed by atoms with Gasteiger partial charge in [-0.3, -0.25) is 14.7 Å². The lowest BCUT2D eigenvalue weighted by Gasteiger charge is -2.29. The van der Waals surface area contributed by atoms with Crippen molar-refractivity contribution >= 4 is 11.6 Å². The molecule has 1 aromatic heterocycles. The number of pyridine rings is 1. The van der Waals surface area contributed by atoms with Gasteiger partial charge in [0.2, 0.25) is 5.91 Å². The van der Waals surface area contributed by atoms with Crippen LogP contribution in [0.5, 0.6) is 0 Å². The van der Waals surface area contributed by atoms with E-state index in [0.717, 1.165) is 30.8 Å². The van der Waals surface area contributed by atoms with Gasteiger partial charge in [0.1, 0.15) is 0 Å². The van der Waals surface area contributed by atoms with Crippen molar-refractivity contribution < 1.29 is 4.79 Å². The molecule has 2 aliphatic rings. The van der Waals surface area contributed by atoms with Gasteiger partial charge in [-0.1, -0.05) is 24.3 Å². The Morgan fingerprint density at radius 1 is 1.14 bits per heavy atom. The van der Waals surface area contributed by atoms with Crippen molar-refractivity contribution in [3.63, 3.8) is 0 Å². The predicted octanol–water partition coefficient (Wildman–Crippen LogP) is 2.61. The Bertz CT molecular complexity index is 700. The van der Waals surface area contributed by atoms with Crippen LogP contribution in [0.1, 0.15) is 30.1 Å². The average Bonchev–Trinajstić information content (AvgIpc) is 3.01. The molecule has 112 valence electrons. The summed E-state index contributed by atoms with van der Waals surface area (Å²) in [6.07, 6.45) is 3.83. The highest BCUT2D eigenvalue weighted by Gasteiger charge is 2.42. The first-order valence-electron chi connectivity index (χ1n) is 7.80. The van der Waals surface area contributed by atoms with Gasteiger partial charge in [-0.15, -0.1) is 0 Å². The maximum Gasteiger partial charge on any atom is 0.244 e. The van der Waals surface area contributed by atoms with Crippen molar-refractivity contribution in [2.45, 2.75) is 24.9 Å². The molecule has 1 fully saturated rings. The van der Waals surface area contributed by atoms with E-state index >= 15 is 0 Å². The Labute approximate surface area is 130 Å². The average molecular weight is 293 g/mol. The molecule has 2 aliphatic heterocycles. The largest absolute Gasteiger partial charge is 0.314 e. The van der Waals surface area contributed by atoms with Crippen LogP contribution in [0.2, 0.25) is 0 Å². The summed E-state index contributed by atoms with van der Waals surface area (Å²) in [6.45, 7) is 0.944. The Balaban J connectivity index is 1.93. The first kappa shape index (κ1) is 13.5. The van der Waals surface area contributed by atoms with E-state index in [1.165, 1.54) is 5.56 Å². The molecule has 22 heavy (non-hydrogen) atoms. The van der Waals surface area contributed by atoms with E-state index in [1.54, 1.807) is 0 Å². The van der Waals surface area contributed by atoms with E-state index in [4.69, 9.17) is 0 Å². The number of fused-ring (bicyclic) bond motifs is 2. The molecule has 1 saturated heterocycles. The fourth-order valence-electron chi connectivity index (χ4n) is 3.78. The van der Waals surface area contributed by atoms with Crippen molar-refractivity contribution in [3.05, 3.63) is 59.9 Å². The number of hydrogen-bond donors (Lipinski definition) is 0. The molecule has 0 radical (unpaired) electrons. The first-order valence-corrected chi connectivity index (χ1v) is 7.80. The third-order valence-electron chi connectivity index (χ3n) is 4.80. The van der Waals surface area contributed by atoms with Crippen LogP contribution in [0.4, 0.5) is 5.69 Å². The highest BCUT2D eigenvalue weighted by molar-refractivity contribution is 5.98. The van der Waals surface area contributed by atoms with Gasteiger partial charge in [-0.2, -0.15) is 0 Å². The number of amides is 1. The van der Waals surface area contributed by atoms with Crippen molar-refractivity contribution in [1.29, 1.82) is 0 Å². The normalized spacial score (nSPS) is 24.8. The number of benzene rings is 1. The molecule has 4 nitrogen and oxygen atoms in total. The number of aromatic nitrogens is 1. The molecule has 2 aromatic rings. The van der Waals surface area contributed by atoms with Crippen LogP contribution in [0.15, 0.2) is 48.7 Å². The Morgan fingerprint density at radius 2 is 1.95 bits per heavy atom. The summed E-state index contributed by atoms with van der Waals surface area (Å²) < 4.78 is 0. The molecule has 0 saturated carbocycles. The fourth-order valence-corrected chi connectivity index (χ4v) is 3.78. The Morgan fingerprint density at radius 3 is 2.77 bits per heavy atom. The van der Waals surface area contributed by atoms with E-state index in [2.05, 4.69) is 22.0 Å². The van der Waals surface area contributed by atoms with Crippen molar-refractivity contribution in [2.24, 2.45) is 0 Å². The summed E-state index contributed by atoms with van der Waals surface area (Å²) >= 11 is 0. The second-order valence-corrected chi connectivity index (χ2v) is 6.01. The Hall–Kier alpha value is -2.20. The zero-order valence-electron chi connectivity index (χ0n) is 12.6. The van der Waals surface area contributed by atoms with Crippen molar-refractivity contribution in [2.75, 3.05) is 18.5 Å². The standard InChI is InChI=1S/C18H19N3O/c1-20-15-9-3-2-7-13(15)17(14-8-4-5-11-19-14)21-12-6-10-16(21)18(20)22/h2-5,7-9,11,16-17H,6,10,12H2,1H3/t16-,17?/m0/s1. The van der Waals surface area contributed by atoms with Gasteiger partial charge in [-0.25, -0.2) is 0 Å². The summed E-state index contributed by atoms with van der Waals surface area (Å²) in [7, 11) is 1.89. The highest BCUT2D eigenvalue weighted by atomic mass is 16.2. The second-order valence-electron chi connectivity index (χ2n) is 6.01. The molecule has 1 unspecified atom stereocenters. The van der Waals surface area contributed by atoms with Crippen LogP contribution >= 0.6 is 0 Å². The number of para-hydroxylation sites is 1. The molecule has 4 heteroatoms. The summed E-state index contributed by atoms with van der Waals surface area (Å²) in [4.78, 5) is 21.6. The maximum absolute atomic E-state index is 12.8. The first-order chi connectivity index (χ1) is 10.8. The second kappa shape index (κ2) is 5.21. The fraction of sp³-hybridized carbons (Fsp3) is 0.333. The monoisotopic (exact) mass is 293 g/mol. The van der Waals surface area contributed by atoms with Crippen LogP contribution in [0, 0.1) is 0 Å². The van der Waals surface area contributed by atoms with Gasteiger partial charge in [0.25, 0.3) is 0 Å². The maximum atomic E-state index is 12.8. The number of anilines is 1. The number of likely N-dealkylation sites (N-methyl/N-ethyl adjacent to an activating group) is 1. The van der Waals surface area contributed by atoms with Gasteiger partial charge in [0.15, 0.2) is 0 Å². The van der Waals surface area contributed by atoms with E-state index < -0.39 is 0 Å². The minimum absolute atomic E-state index is 0.0376. The zero-order chi connectivity index (χ0) is 15.1. The van der Waals surface area contributed by atoms with Gasteiger partial charge in [0, 0.05) is 25.5 Å². The molecule has 3 heterocycles. The third kappa shape index (κ3) is 1.95. The lowest BCUT2D eigenvalue weighted by Crippen LogP contribution is -2.43. The SMILES string of the molecule is CN1C(=O)[C@@H]2CCCN2C(c2ccccn2)c2ccccc21. The minimum atomic E-state index is -0.0376. The minimum Gasteiger partial charge on any atom is -0.314 e. The third-order valence-corrected chi connectivity index (χ3v) is 4.80. The molecule has 1 amide bonds. The van der Waals surface area contributed by atoms with Crippen LogP contribution in [0.25, 0.3) is 0 Å². The molecule has 4 rings (SSSR count). The van der Waals surface area contributed by atoms with Crippen molar-refractivity contribution in [1.82, 2.24) is 9.88 Å². The van der Waals surface area contributed by atoms with Crippen LogP contribution in [-0.4, -0.2) is 35.4 Å². The van der Waals surface area contributed by atoms with Gasteiger partial charge < -0.3 is 4.90 Å². The van der Waals surface area contributed by atoms with E-state index in [1.807, 2.05) is 48.5 Å². The lowest BCUT2D eigenvalue weighted by atomic mass is 9.99. The van der Waals surface area contributed by atoms with Gasteiger partial charge in [-0.05, 0) is 36.6 Å². The number of nitrogens with zero attached hydrogens (tertiary/aromatic N) is 3. The van der Waals surface area contributed by atoms with Crippen LogP contribution in [-0.2, 0) is 4.79 Å². The predicted molar refractivity (Wildman–Crippen MR) is 85.7 cm³/mol. The summed E-state index contributed by atoms with van der Waals surface area (Å²) in [5.41, 5.74) is 3.18. The molecular formula is C18H19N3O. The van der Waals surface area contributed by atoms with E-state index in [9.17, 15) is 4.79 Å². The lowest BCUT2D eigenvalue weighted by molar-refractivity contribution is -0.122. The quantitative estimate of drug-likeness (QED) is 0.811. The number of carbonyl (C=O) groups excluding carboxylic acids is 1. The smallest absolute Gasteiger partial charge is 0.244 e.